The highest BCUT2D eigenvalue weighted by atomic mass is 16.6. The quantitative estimate of drug-likeness (QED) is 0.453. The monoisotopic (exact) mass is 296 g/mol. The van der Waals surface area contributed by atoms with Gasteiger partial charge in [0, 0.05) is 13.6 Å². The second kappa shape index (κ2) is 7.40. The molecule has 0 amide bonds. The van der Waals surface area contributed by atoms with Crippen molar-refractivity contribution in [3.8, 4) is 0 Å². The molecule has 1 aromatic heterocycles. The third kappa shape index (κ3) is 3.93. The Hall–Kier alpha value is -1.63. The maximum atomic E-state index is 11.3. The summed E-state index contributed by atoms with van der Waals surface area (Å²) in [7, 11) is 1.73. The number of hydrogen-bond acceptors (Lipinski definition) is 5. The van der Waals surface area contributed by atoms with E-state index in [2.05, 4.69) is 10.4 Å². The first kappa shape index (κ1) is 15.8. The molecule has 0 atom stereocenters. The van der Waals surface area contributed by atoms with Gasteiger partial charge >= 0.3 is 5.69 Å². The number of nitro groups is 1. The first-order valence-corrected chi connectivity index (χ1v) is 7.69. The summed E-state index contributed by atoms with van der Waals surface area (Å²) in [5.74, 6) is 0.471. The van der Waals surface area contributed by atoms with E-state index in [-0.39, 0.29) is 10.6 Å². The minimum Gasteiger partial charge on any atom is -0.376 e. The predicted molar refractivity (Wildman–Crippen MR) is 80.6 cm³/mol. The number of aryl methyl sites for hydroxylation is 2. The zero-order valence-electron chi connectivity index (χ0n) is 12.8. The van der Waals surface area contributed by atoms with E-state index in [0.29, 0.717) is 37.2 Å². The molecule has 118 valence electrons. The molecule has 1 N–H and O–H groups in total. The minimum atomic E-state index is -0.349. The summed E-state index contributed by atoms with van der Waals surface area (Å²) >= 11 is 0. The zero-order valence-corrected chi connectivity index (χ0v) is 12.8. The molecular weight excluding hydrogens is 272 g/mol. The molecule has 0 saturated heterocycles. The molecule has 1 fully saturated rings. The third-order valence-corrected chi connectivity index (χ3v) is 3.81. The standard InChI is InChI=1S/C14H24N4O3/c1-3-6-12-13(18(19)20)14(17(2)16-12)15-9-10-21-11-7-4-5-8-11/h11,15H,3-10H2,1-2H3. The molecule has 0 aromatic carbocycles. The van der Waals surface area contributed by atoms with E-state index in [4.69, 9.17) is 4.74 Å². The van der Waals surface area contributed by atoms with Gasteiger partial charge in [0.15, 0.2) is 0 Å². The van der Waals surface area contributed by atoms with Crippen molar-refractivity contribution in [3.05, 3.63) is 15.8 Å². The van der Waals surface area contributed by atoms with Crippen LogP contribution in [0.25, 0.3) is 0 Å². The molecule has 2 rings (SSSR count). The minimum absolute atomic E-state index is 0.0974. The average Bonchev–Trinajstić information content (AvgIpc) is 3.03. The molecule has 1 aliphatic carbocycles. The van der Waals surface area contributed by atoms with E-state index in [9.17, 15) is 10.1 Å². The van der Waals surface area contributed by atoms with E-state index in [1.165, 1.54) is 12.8 Å². The third-order valence-electron chi connectivity index (χ3n) is 3.81. The Kier molecular flexibility index (Phi) is 5.55. The van der Waals surface area contributed by atoms with Crippen LogP contribution in [-0.2, 0) is 18.2 Å². The Balaban J connectivity index is 1.93. The molecule has 1 aliphatic rings. The van der Waals surface area contributed by atoms with Crippen molar-refractivity contribution >= 4 is 11.5 Å². The largest absolute Gasteiger partial charge is 0.376 e. The molecule has 0 unspecified atom stereocenters. The highest BCUT2D eigenvalue weighted by Gasteiger charge is 2.25. The van der Waals surface area contributed by atoms with Gasteiger partial charge in [0.05, 0.1) is 17.6 Å². The van der Waals surface area contributed by atoms with Gasteiger partial charge in [-0.25, -0.2) is 4.68 Å². The van der Waals surface area contributed by atoms with Gasteiger partial charge in [0.1, 0.15) is 5.69 Å². The summed E-state index contributed by atoms with van der Waals surface area (Å²) in [5, 5.41) is 18.6. The van der Waals surface area contributed by atoms with Gasteiger partial charge in [-0.1, -0.05) is 26.2 Å². The summed E-state index contributed by atoms with van der Waals surface area (Å²) in [6.45, 7) is 3.11. The Morgan fingerprint density at radius 2 is 2.19 bits per heavy atom. The van der Waals surface area contributed by atoms with Gasteiger partial charge in [-0.15, -0.1) is 0 Å². The van der Waals surface area contributed by atoms with Crippen molar-refractivity contribution in [1.82, 2.24) is 9.78 Å². The number of nitrogens with one attached hydrogen (secondary N) is 1. The summed E-state index contributed by atoms with van der Waals surface area (Å²) < 4.78 is 7.31. The normalized spacial score (nSPS) is 15.5. The van der Waals surface area contributed by atoms with Gasteiger partial charge in [-0.2, -0.15) is 5.10 Å². The lowest BCUT2D eigenvalue weighted by Crippen LogP contribution is -2.17. The van der Waals surface area contributed by atoms with Crippen LogP contribution in [0.5, 0.6) is 0 Å². The lowest BCUT2D eigenvalue weighted by atomic mass is 10.2. The molecule has 0 aliphatic heterocycles. The second-order valence-corrected chi connectivity index (χ2v) is 5.48. The molecule has 21 heavy (non-hydrogen) atoms. The van der Waals surface area contributed by atoms with E-state index in [1.54, 1.807) is 11.7 Å². The van der Waals surface area contributed by atoms with Crippen LogP contribution < -0.4 is 5.32 Å². The van der Waals surface area contributed by atoms with Crippen LogP contribution in [0.1, 0.15) is 44.7 Å². The van der Waals surface area contributed by atoms with Crippen LogP contribution in [0, 0.1) is 10.1 Å². The Morgan fingerprint density at radius 3 is 2.81 bits per heavy atom. The molecule has 0 radical (unpaired) electrons. The highest BCUT2D eigenvalue weighted by Crippen LogP contribution is 2.28. The number of hydrogen-bond donors (Lipinski definition) is 1. The molecule has 7 nitrogen and oxygen atoms in total. The van der Waals surface area contributed by atoms with Crippen LogP contribution in [-0.4, -0.2) is 34.0 Å². The fourth-order valence-corrected chi connectivity index (χ4v) is 2.81. The van der Waals surface area contributed by atoms with E-state index in [1.807, 2.05) is 6.92 Å². The zero-order chi connectivity index (χ0) is 15.2. The van der Waals surface area contributed by atoms with Crippen molar-refractivity contribution in [1.29, 1.82) is 0 Å². The molecular formula is C14H24N4O3. The van der Waals surface area contributed by atoms with Gasteiger partial charge in [-0.3, -0.25) is 10.1 Å². The molecule has 1 aromatic rings. The van der Waals surface area contributed by atoms with Crippen molar-refractivity contribution < 1.29 is 9.66 Å². The highest BCUT2D eigenvalue weighted by molar-refractivity contribution is 5.59. The maximum Gasteiger partial charge on any atom is 0.333 e. The molecule has 0 bridgehead atoms. The molecule has 0 spiro atoms. The summed E-state index contributed by atoms with van der Waals surface area (Å²) in [6.07, 6.45) is 6.56. The lowest BCUT2D eigenvalue weighted by Gasteiger charge is -2.11. The second-order valence-electron chi connectivity index (χ2n) is 5.48. The molecule has 1 saturated carbocycles. The first-order valence-electron chi connectivity index (χ1n) is 7.69. The number of ether oxygens (including phenoxy) is 1. The van der Waals surface area contributed by atoms with Crippen LogP contribution in [0.2, 0.25) is 0 Å². The Morgan fingerprint density at radius 1 is 1.48 bits per heavy atom. The van der Waals surface area contributed by atoms with Gasteiger partial charge in [-0.05, 0) is 19.3 Å². The number of aromatic nitrogens is 2. The number of rotatable bonds is 8. The first-order chi connectivity index (χ1) is 10.1. The van der Waals surface area contributed by atoms with Crippen LogP contribution in [0.3, 0.4) is 0 Å². The summed E-state index contributed by atoms with van der Waals surface area (Å²) in [4.78, 5) is 10.9. The lowest BCUT2D eigenvalue weighted by molar-refractivity contribution is -0.384. The summed E-state index contributed by atoms with van der Waals surface area (Å²) in [5.41, 5.74) is 0.643. The molecule has 7 heteroatoms. The van der Waals surface area contributed by atoms with Crippen LogP contribution in [0.4, 0.5) is 11.5 Å². The fraction of sp³-hybridized carbons (Fsp3) is 0.786. The topological polar surface area (TPSA) is 82.2 Å². The van der Waals surface area contributed by atoms with E-state index >= 15 is 0 Å². The predicted octanol–water partition coefficient (Wildman–Crippen LogP) is 2.65. The van der Waals surface area contributed by atoms with Gasteiger partial charge < -0.3 is 10.1 Å². The maximum absolute atomic E-state index is 11.3. The average molecular weight is 296 g/mol. The van der Waals surface area contributed by atoms with Gasteiger partial charge in [0.2, 0.25) is 5.82 Å². The van der Waals surface area contributed by atoms with Crippen LogP contribution in [0.15, 0.2) is 0 Å². The van der Waals surface area contributed by atoms with E-state index < -0.39 is 0 Å². The number of nitrogens with zero attached hydrogens (tertiary/aromatic N) is 3. The fourth-order valence-electron chi connectivity index (χ4n) is 2.81. The van der Waals surface area contributed by atoms with Crippen LogP contribution >= 0.6 is 0 Å². The van der Waals surface area contributed by atoms with Crippen molar-refractivity contribution in [3.63, 3.8) is 0 Å². The summed E-state index contributed by atoms with van der Waals surface area (Å²) in [6, 6.07) is 0. The van der Waals surface area contributed by atoms with E-state index in [0.717, 1.165) is 19.3 Å². The van der Waals surface area contributed by atoms with Gasteiger partial charge in [0.25, 0.3) is 0 Å². The van der Waals surface area contributed by atoms with Crippen molar-refractivity contribution in [2.45, 2.75) is 51.6 Å². The number of anilines is 1. The van der Waals surface area contributed by atoms with Crippen molar-refractivity contribution in [2.75, 3.05) is 18.5 Å². The smallest absolute Gasteiger partial charge is 0.333 e. The van der Waals surface area contributed by atoms with Crippen molar-refractivity contribution in [2.24, 2.45) is 7.05 Å². The molecule has 1 heterocycles. The SMILES string of the molecule is CCCc1nn(C)c(NCCOC2CCCC2)c1[N+](=O)[O-]. The Bertz CT molecular complexity index is 481. The Labute approximate surface area is 124 Å².